The van der Waals surface area contributed by atoms with E-state index >= 15 is 0 Å². The Bertz CT molecular complexity index is 566. The number of pyridine rings is 1. The maximum Gasteiger partial charge on any atom is 0.224 e. The highest BCUT2D eigenvalue weighted by molar-refractivity contribution is 9.09. The second-order valence-corrected chi connectivity index (χ2v) is 5.58. The van der Waals surface area contributed by atoms with E-state index in [1.54, 1.807) is 6.20 Å². The Morgan fingerprint density at radius 2 is 2.41 bits per heavy atom. The lowest BCUT2D eigenvalue weighted by Gasteiger charge is -2.16. The number of H-pyrrole nitrogens is 1. The van der Waals surface area contributed by atoms with Gasteiger partial charge in [0.2, 0.25) is 5.91 Å². The van der Waals surface area contributed by atoms with Gasteiger partial charge in [0.05, 0.1) is 0 Å². The fourth-order valence-corrected chi connectivity index (χ4v) is 2.86. The predicted octanol–water partition coefficient (Wildman–Crippen LogP) is 2.06. The molecule has 3 rings (SSSR count). The highest BCUT2D eigenvalue weighted by Gasteiger charge is 2.27. The number of hydrogen-bond acceptors (Lipinski definition) is 2. The molecule has 1 atom stereocenters. The van der Waals surface area contributed by atoms with Crippen molar-refractivity contribution >= 4 is 32.9 Å². The molecule has 1 saturated heterocycles. The number of likely N-dealkylation sites (tertiary alicyclic amines) is 1. The van der Waals surface area contributed by atoms with Gasteiger partial charge in [-0.2, -0.15) is 0 Å². The number of amides is 1. The van der Waals surface area contributed by atoms with Crippen molar-refractivity contribution in [2.24, 2.45) is 0 Å². The van der Waals surface area contributed by atoms with Gasteiger partial charge in [0.15, 0.2) is 0 Å². The lowest BCUT2D eigenvalue weighted by molar-refractivity contribution is -0.128. The third-order valence-corrected chi connectivity index (χ3v) is 3.69. The van der Waals surface area contributed by atoms with Crippen LogP contribution in [0, 0.1) is 0 Å². The van der Waals surface area contributed by atoms with Crippen molar-refractivity contribution in [3.63, 3.8) is 0 Å². The molecule has 1 N–H and O–H groups in total. The normalized spacial score (nSPS) is 20.4. The first-order chi connectivity index (χ1) is 8.24. The number of fused-ring (bicyclic) bond motifs is 1. The number of alkyl halides is 1. The molecule has 1 aliphatic heterocycles. The number of aromatic amines is 1. The molecular formula is C12H12BrN3O. The number of hydrogen-bond donors (Lipinski definition) is 1. The van der Waals surface area contributed by atoms with E-state index in [2.05, 4.69) is 25.9 Å². The quantitative estimate of drug-likeness (QED) is 0.862. The molecule has 1 fully saturated rings. The van der Waals surface area contributed by atoms with Crippen LogP contribution in [0.3, 0.4) is 0 Å². The maximum absolute atomic E-state index is 11.7. The molecule has 3 heterocycles. The molecule has 4 nitrogen and oxygen atoms in total. The average Bonchev–Trinajstić information content (AvgIpc) is 2.87. The van der Waals surface area contributed by atoms with Gasteiger partial charge < -0.3 is 9.88 Å². The summed E-state index contributed by atoms with van der Waals surface area (Å²) in [5.74, 6) is 0.215. The van der Waals surface area contributed by atoms with E-state index in [0.717, 1.165) is 23.1 Å². The molecule has 0 bridgehead atoms. The van der Waals surface area contributed by atoms with Crippen LogP contribution in [-0.4, -0.2) is 32.1 Å². The van der Waals surface area contributed by atoms with E-state index in [1.165, 1.54) is 0 Å². The van der Waals surface area contributed by atoms with E-state index in [9.17, 15) is 4.79 Å². The lowest BCUT2D eigenvalue weighted by atomic mass is 10.2. The van der Waals surface area contributed by atoms with Gasteiger partial charge in [0.25, 0.3) is 0 Å². The van der Waals surface area contributed by atoms with Gasteiger partial charge in [-0.1, -0.05) is 15.9 Å². The van der Waals surface area contributed by atoms with Crippen molar-refractivity contribution in [2.45, 2.75) is 17.8 Å². The molecule has 1 amide bonds. The minimum atomic E-state index is 0.215. The summed E-state index contributed by atoms with van der Waals surface area (Å²) in [6, 6.07) is 3.98. The summed E-state index contributed by atoms with van der Waals surface area (Å²) in [5, 5.41) is 1.10. The lowest BCUT2D eigenvalue weighted by Crippen LogP contribution is -2.24. The zero-order valence-corrected chi connectivity index (χ0v) is 10.8. The highest BCUT2D eigenvalue weighted by Crippen LogP contribution is 2.23. The van der Waals surface area contributed by atoms with Crippen molar-refractivity contribution in [3.8, 4) is 0 Å². The molecular weight excluding hydrogens is 282 g/mol. The topological polar surface area (TPSA) is 49.0 Å². The van der Waals surface area contributed by atoms with Gasteiger partial charge in [0, 0.05) is 42.1 Å². The predicted molar refractivity (Wildman–Crippen MR) is 68.8 cm³/mol. The number of nitrogens with zero attached hydrogens (tertiary/aromatic N) is 2. The smallest absolute Gasteiger partial charge is 0.224 e. The summed E-state index contributed by atoms with van der Waals surface area (Å²) in [4.78, 5) is 21.2. The Morgan fingerprint density at radius 1 is 1.53 bits per heavy atom. The molecule has 1 unspecified atom stereocenters. The van der Waals surface area contributed by atoms with Gasteiger partial charge in [0.1, 0.15) is 5.65 Å². The van der Waals surface area contributed by atoms with E-state index in [-0.39, 0.29) is 5.91 Å². The average molecular weight is 294 g/mol. The molecule has 17 heavy (non-hydrogen) atoms. The molecule has 2 aromatic rings. The Morgan fingerprint density at radius 3 is 3.18 bits per heavy atom. The molecule has 0 aliphatic carbocycles. The van der Waals surface area contributed by atoms with Gasteiger partial charge >= 0.3 is 0 Å². The van der Waals surface area contributed by atoms with Crippen LogP contribution in [0.5, 0.6) is 0 Å². The molecule has 0 radical (unpaired) electrons. The minimum absolute atomic E-state index is 0.215. The Labute approximate surface area is 107 Å². The molecule has 2 aromatic heterocycles. The molecule has 0 aromatic carbocycles. The summed E-state index contributed by atoms with van der Waals surface area (Å²) in [7, 11) is 0. The minimum Gasteiger partial charge on any atom is -0.346 e. The Hall–Kier alpha value is -1.36. The fourth-order valence-electron chi connectivity index (χ4n) is 2.24. The van der Waals surface area contributed by atoms with Gasteiger partial charge in [-0.15, -0.1) is 0 Å². The Balaban J connectivity index is 1.90. The fraction of sp³-hybridized carbons (Fsp3) is 0.333. The monoisotopic (exact) mass is 293 g/mol. The van der Waals surface area contributed by atoms with Crippen molar-refractivity contribution in [3.05, 3.63) is 30.1 Å². The van der Waals surface area contributed by atoms with Crippen molar-refractivity contribution < 1.29 is 4.79 Å². The van der Waals surface area contributed by atoms with Crippen LogP contribution in [0.2, 0.25) is 0 Å². The number of rotatable bonds is 2. The summed E-state index contributed by atoms with van der Waals surface area (Å²) in [6.45, 7) is 1.45. The standard InChI is InChI=1S/C12H12BrN3O/c13-9-5-11(17)16(7-9)6-8-1-3-14-12-10(8)2-4-15-12/h1-4,9H,5-7H2,(H,14,15). The first kappa shape index (κ1) is 10.8. The third-order valence-electron chi connectivity index (χ3n) is 3.08. The van der Waals surface area contributed by atoms with Gasteiger partial charge in [-0.25, -0.2) is 4.98 Å². The van der Waals surface area contributed by atoms with Crippen LogP contribution in [0.15, 0.2) is 24.5 Å². The molecule has 88 valence electrons. The second-order valence-electron chi connectivity index (χ2n) is 4.29. The van der Waals surface area contributed by atoms with Crippen LogP contribution in [-0.2, 0) is 11.3 Å². The first-order valence-corrected chi connectivity index (χ1v) is 6.48. The SMILES string of the molecule is O=C1CC(Br)CN1Cc1ccnc2[nH]ccc12. The van der Waals surface area contributed by atoms with Crippen molar-refractivity contribution in [2.75, 3.05) is 6.54 Å². The number of halogens is 1. The van der Waals surface area contributed by atoms with Crippen LogP contribution >= 0.6 is 15.9 Å². The number of aromatic nitrogens is 2. The molecule has 0 spiro atoms. The summed E-state index contributed by atoms with van der Waals surface area (Å²) in [6.07, 6.45) is 4.25. The van der Waals surface area contributed by atoms with Crippen molar-refractivity contribution in [1.82, 2.24) is 14.9 Å². The molecule has 1 aliphatic rings. The third kappa shape index (κ3) is 1.95. The van der Waals surface area contributed by atoms with Crippen LogP contribution < -0.4 is 0 Å². The highest BCUT2D eigenvalue weighted by atomic mass is 79.9. The summed E-state index contributed by atoms with van der Waals surface area (Å²) >= 11 is 3.49. The van der Waals surface area contributed by atoms with Crippen LogP contribution in [0.4, 0.5) is 0 Å². The van der Waals surface area contributed by atoms with E-state index in [4.69, 9.17) is 0 Å². The maximum atomic E-state index is 11.7. The van der Waals surface area contributed by atoms with E-state index in [0.29, 0.717) is 17.8 Å². The van der Waals surface area contributed by atoms with Gasteiger partial charge in [-0.3, -0.25) is 4.79 Å². The number of nitrogens with one attached hydrogen (secondary N) is 1. The van der Waals surface area contributed by atoms with Crippen LogP contribution in [0.25, 0.3) is 11.0 Å². The van der Waals surface area contributed by atoms with Crippen LogP contribution in [0.1, 0.15) is 12.0 Å². The molecule has 0 saturated carbocycles. The zero-order chi connectivity index (χ0) is 11.8. The largest absolute Gasteiger partial charge is 0.346 e. The van der Waals surface area contributed by atoms with Crippen molar-refractivity contribution in [1.29, 1.82) is 0 Å². The molecule has 5 heteroatoms. The Kier molecular flexibility index (Phi) is 2.63. The second kappa shape index (κ2) is 4.14. The number of carbonyl (C=O) groups is 1. The zero-order valence-electron chi connectivity index (χ0n) is 9.19. The number of carbonyl (C=O) groups excluding carboxylic acids is 1. The summed E-state index contributed by atoms with van der Waals surface area (Å²) < 4.78 is 0. The van der Waals surface area contributed by atoms with E-state index < -0.39 is 0 Å². The summed E-state index contributed by atoms with van der Waals surface area (Å²) in [5.41, 5.74) is 2.02. The van der Waals surface area contributed by atoms with E-state index in [1.807, 2.05) is 23.2 Å². The first-order valence-electron chi connectivity index (χ1n) is 5.57. The van der Waals surface area contributed by atoms with Gasteiger partial charge in [-0.05, 0) is 17.7 Å².